The first-order valence-corrected chi connectivity index (χ1v) is 7.27. The Morgan fingerprint density at radius 1 is 1.09 bits per heavy atom. The molecule has 0 aliphatic carbocycles. The predicted octanol–water partition coefficient (Wildman–Crippen LogP) is 3.19. The number of carbonyl (C=O) groups excluding carboxylic acids is 1. The fraction of sp³-hybridized carbons (Fsp3) is 0.278. The Kier molecular flexibility index (Phi) is 5.98. The molecule has 0 radical (unpaired) electrons. The Hall–Kier alpha value is -2.33. The van der Waals surface area contributed by atoms with Crippen molar-refractivity contribution in [3.63, 3.8) is 0 Å². The number of hydrogen-bond donors (Lipinski definition) is 1. The second kappa shape index (κ2) is 8.20. The Balaban J connectivity index is 1.83. The third-order valence-corrected chi connectivity index (χ3v) is 3.11. The third-order valence-electron chi connectivity index (χ3n) is 3.11. The van der Waals surface area contributed by atoms with Gasteiger partial charge in [-0.25, -0.2) is 4.79 Å². The molecule has 1 N–H and O–H groups in total. The number of carbonyl (C=O) groups is 1. The minimum Gasteiger partial charge on any atom is -0.493 e. The van der Waals surface area contributed by atoms with Gasteiger partial charge in [0.05, 0.1) is 18.3 Å². The van der Waals surface area contributed by atoms with Gasteiger partial charge in [0.25, 0.3) is 0 Å². The van der Waals surface area contributed by atoms with Crippen molar-refractivity contribution in [1.82, 2.24) is 0 Å². The topological polar surface area (TPSA) is 55.8 Å². The summed E-state index contributed by atoms with van der Waals surface area (Å²) >= 11 is 0. The van der Waals surface area contributed by atoms with Crippen molar-refractivity contribution in [1.29, 1.82) is 0 Å². The van der Waals surface area contributed by atoms with Gasteiger partial charge < -0.3 is 14.6 Å². The van der Waals surface area contributed by atoms with Gasteiger partial charge in [-0.05, 0) is 36.8 Å². The molecule has 2 aromatic carbocycles. The van der Waals surface area contributed by atoms with E-state index in [4.69, 9.17) is 14.6 Å². The zero-order valence-corrected chi connectivity index (χ0v) is 12.6. The molecule has 0 saturated carbocycles. The molecule has 0 aliphatic heterocycles. The van der Waals surface area contributed by atoms with Gasteiger partial charge in [-0.1, -0.05) is 30.3 Å². The minimum atomic E-state index is -0.382. The molecule has 0 saturated heterocycles. The number of aliphatic hydroxyl groups excluding tert-OH is 1. The van der Waals surface area contributed by atoms with Crippen molar-refractivity contribution < 1.29 is 19.4 Å². The van der Waals surface area contributed by atoms with Gasteiger partial charge in [0.2, 0.25) is 0 Å². The van der Waals surface area contributed by atoms with Gasteiger partial charge in [0, 0.05) is 6.42 Å². The monoisotopic (exact) mass is 300 g/mol. The van der Waals surface area contributed by atoms with Gasteiger partial charge in [0.1, 0.15) is 12.4 Å². The van der Waals surface area contributed by atoms with Crippen LogP contribution in [0.15, 0.2) is 54.6 Å². The van der Waals surface area contributed by atoms with Crippen LogP contribution in [0, 0.1) is 0 Å². The lowest BCUT2D eigenvalue weighted by molar-refractivity contribution is 0.0472. The summed E-state index contributed by atoms with van der Waals surface area (Å²) in [6.45, 7) is 2.41. The molecule has 0 fully saturated rings. The molecule has 0 aromatic heterocycles. The number of rotatable bonds is 7. The molecule has 0 heterocycles. The highest BCUT2D eigenvalue weighted by molar-refractivity contribution is 5.89. The van der Waals surface area contributed by atoms with Crippen LogP contribution in [0.2, 0.25) is 0 Å². The molecule has 4 nitrogen and oxygen atoms in total. The van der Waals surface area contributed by atoms with E-state index in [1.807, 2.05) is 30.3 Å². The maximum Gasteiger partial charge on any atom is 0.338 e. The summed E-state index contributed by atoms with van der Waals surface area (Å²) in [4.78, 5) is 11.9. The first-order chi connectivity index (χ1) is 10.6. The molecular formula is C18H20O4. The van der Waals surface area contributed by atoms with Crippen LogP contribution in [0.5, 0.6) is 5.75 Å². The molecule has 2 rings (SSSR count). The van der Waals surface area contributed by atoms with Crippen LogP contribution in [0.1, 0.15) is 29.3 Å². The Morgan fingerprint density at radius 2 is 1.77 bits per heavy atom. The highest BCUT2D eigenvalue weighted by atomic mass is 16.5. The molecule has 0 aliphatic rings. The van der Waals surface area contributed by atoms with Crippen LogP contribution in [0.25, 0.3) is 0 Å². The minimum absolute atomic E-state index is 0.256. The summed E-state index contributed by atoms with van der Waals surface area (Å²) < 4.78 is 10.7. The first-order valence-electron chi connectivity index (χ1n) is 7.27. The van der Waals surface area contributed by atoms with Crippen molar-refractivity contribution >= 4 is 5.97 Å². The van der Waals surface area contributed by atoms with Crippen molar-refractivity contribution in [2.24, 2.45) is 0 Å². The number of aliphatic hydroxyl groups is 1. The van der Waals surface area contributed by atoms with Crippen LogP contribution < -0.4 is 4.74 Å². The summed E-state index contributed by atoms with van der Waals surface area (Å²) in [5.41, 5.74) is 1.44. The van der Waals surface area contributed by atoms with Gasteiger partial charge >= 0.3 is 5.97 Å². The number of hydrogen-bond acceptors (Lipinski definition) is 4. The summed E-state index contributed by atoms with van der Waals surface area (Å²) in [6, 6.07) is 16.3. The maximum atomic E-state index is 11.9. The highest BCUT2D eigenvalue weighted by Gasteiger charge is 2.07. The summed E-state index contributed by atoms with van der Waals surface area (Å²) in [5, 5.41) is 9.16. The fourth-order valence-electron chi connectivity index (χ4n) is 1.84. The molecule has 1 atom stereocenters. The smallest absolute Gasteiger partial charge is 0.338 e. The Bertz CT molecular complexity index is 576. The molecular weight excluding hydrogens is 280 g/mol. The van der Waals surface area contributed by atoms with Crippen LogP contribution in [0.3, 0.4) is 0 Å². The molecule has 0 bridgehead atoms. The van der Waals surface area contributed by atoms with Crippen molar-refractivity contribution in [2.45, 2.75) is 26.1 Å². The second-order valence-electron chi connectivity index (χ2n) is 5.07. The van der Waals surface area contributed by atoms with Gasteiger partial charge in [-0.3, -0.25) is 0 Å². The third kappa shape index (κ3) is 5.22. The number of ether oxygens (including phenoxy) is 2. The van der Waals surface area contributed by atoms with E-state index in [0.717, 1.165) is 5.56 Å². The quantitative estimate of drug-likeness (QED) is 0.798. The molecule has 116 valence electrons. The molecule has 4 heteroatoms. The summed E-state index contributed by atoms with van der Waals surface area (Å²) in [5.74, 6) is 0.305. The predicted molar refractivity (Wildman–Crippen MR) is 83.8 cm³/mol. The Labute approximate surface area is 130 Å². The van der Waals surface area contributed by atoms with Crippen LogP contribution in [0.4, 0.5) is 0 Å². The van der Waals surface area contributed by atoms with E-state index in [1.54, 1.807) is 31.2 Å². The second-order valence-corrected chi connectivity index (χ2v) is 5.07. The largest absolute Gasteiger partial charge is 0.493 e. The average Bonchev–Trinajstić information content (AvgIpc) is 2.54. The van der Waals surface area contributed by atoms with E-state index in [9.17, 15) is 4.79 Å². The van der Waals surface area contributed by atoms with Crippen LogP contribution in [-0.2, 0) is 11.3 Å². The molecule has 0 amide bonds. The standard InChI is InChI=1S/C18H20O4/c1-14(19)11-12-21-17-9-7-16(8-10-17)18(20)22-13-15-5-3-2-4-6-15/h2-10,14,19H,11-13H2,1H3. The lowest BCUT2D eigenvalue weighted by atomic mass is 10.2. The Morgan fingerprint density at radius 3 is 2.41 bits per heavy atom. The van der Waals surface area contributed by atoms with E-state index in [1.165, 1.54) is 0 Å². The van der Waals surface area contributed by atoms with Crippen LogP contribution >= 0.6 is 0 Å². The molecule has 2 aromatic rings. The van der Waals surface area contributed by atoms with E-state index < -0.39 is 0 Å². The van der Waals surface area contributed by atoms with E-state index in [0.29, 0.717) is 24.3 Å². The summed E-state index contributed by atoms with van der Waals surface area (Å²) in [7, 11) is 0. The van der Waals surface area contributed by atoms with Gasteiger partial charge in [0.15, 0.2) is 0 Å². The van der Waals surface area contributed by atoms with Crippen molar-refractivity contribution in [2.75, 3.05) is 6.61 Å². The molecule has 22 heavy (non-hydrogen) atoms. The molecule has 1 unspecified atom stereocenters. The van der Waals surface area contributed by atoms with Crippen LogP contribution in [-0.4, -0.2) is 23.8 Å². The SMILES string of the molecule is CC(O)CCOc1ccc(C(=O)OCc2ccccc2)cc1. The van der Waals surface area contributed by atoms with Crippen molar-refractivity contribution in [3.8, 4) is 5.75 Å². The maximum absolute atomic E-state index is 11.9. The molecule has 0 spiro atoms. The normalized spacial score (nSPS) is 11.7. The summed E-state index contributed by atoms with van der Waals surface area (Å²) in [6.07, 6.45) is 0.188. The zero-order valence-electron chi connectivity index (χ0n) is 12.6. The van der Waals surface area contributed by atoms with Crippen molar-refractivity contribution in [3.05, 3.63) is 65.7 Å². The van der Waals surface area contributed by atoms with Gasteiger partial charge in [-0.2, -0.15) is 0 Å². The van der Waals surface area contributed by atoms with E-state index in [-0.39, 0.29) is 18.7 Å². The fourth-order valence-corrected chi connectivity index (χ4v) is 1.84. The van der Waals surface area contributed by atoms with E-state index >= 15 is 0 Å². The lowest BCUT2D eigenvalue weighted by Gasteiger charge is -2.08. The number of esters is 1. The highest BCUT2D eigenvalue weighted by Crippen LogP contribution is 2.14. The zero-order chi connectivity index (χ0) is 15.8. The average molecular weight is 300 g/mol. The number of benzene rings is 2. The van der Waals surface area contributed by atoms with E-state index in [2.05, 4.69) is 0 Å². The van der Waals surface area contributed by atoms with Gasteiger partial charge in [-0.15, -0.1) is 0 Å². The lowest BCUT2D eigenvalue weighted by Crippen LogP contribution is -2.08. The first kappa shape index (κ1) is 16.0.